The molecule has 92 valence electrons. The van der Waals surface area contributed by atoms with E-state index in [9.17, 15) is 4.79 Å². The fraction of sp³-hybridized carbons (Fsp3) is 0. The predicted octanol–water partition coefficient (Wildman–Crippen LogP) is 4.57. The molecule has 2 N–H and O–H groups in total. The third-order valence-electron chi connectivity index (χ3n) is 2.39. The lowest BCUT2D eigenvalue weighted by atomic mass is 10.0. The number of rotatable bonds is 2. The van der Waals surface area contributed by atoms with Crippen molar-refractivity contribution in [3.63, 3.8) is 0 Å². The minimum absolute atomic E-state index is 0.153. The number of halogens is 3. The first kappa shape index (κ1) is 13.4. The standard InChI is InChI=1S/C13H8BrCl2NO/c14-9-3-8(4-10(15)6-9)13(18)7-1-2-12(17)11(16)5-7/h1-6H,17H2. The van der Waals surface area contributed by atoms with Crippen LogP contribution in [0.1, 0.15) is 15.9 Å². The average Bonchev–Trinajstić information content (AvgIpc) is 2.30. The van der Waals surface area contributed by atoms with Crippen molar-refractivity contribution < 1.29 is 4.79 Å². The summed E-state index contributed by atoms with van der Waals surface area (Å²) in [4.78, 5) is 12.2. The van der Waals surface area contributed by atoms with Gasteiger partial charge in [0.1, 0.15) is 0 Å². The van der Waals surface area contributed by atoms with Crippen LogP contribution in [-0.2, 0) is 0 Å². The van der Waals surface area contributed by atoms with Crippen LogP contribution in [0, 0.1) is 0 Å². The number of nitrogen functional groups attached to an aromatic ring is 1. The molecule has 0 aliphatic rings. The van der Waals surface area contributed by atoms with Gasteiger partial charge in [0.2, 0.25) is 0 Å². The zero-order chi connectivity index (χ0) is 13.3. The zero-order valence-corrected chi connectivity index (χ0v) is 12.2. The number of carbonyl (C=O) groups is 1. The van der Waals surface area contributed by atoms with Crippen molar-refractivity contribution in [2.24, 2.45) is 0 Å². The highest BCUT2D eigenvalue weighted by Crippen LogP contribution is 2.24. The molecule has 18 heavy (non-hydrogen) atoms. The number of benzene rings is 2. The van der Waals surface area contributed by atoms with Gasteiger partial charge in [-0.25, -0.2) is 0 Å². The summed E-state index contributed by atoms with van der Waals surface area (Å²) in [5.74, 6) is -0.153. The van der Waals surface area contributed by atoms with Gasteiger partial charge in [-0.2, -0.15) is 0 Å². The second-order valence-electron chi connectivity index (χ2n) is 3.72. The molecule has 2 rings (SSSR count). The number of hydrogen-bond donors (Lipinski definition) is 1. The largest absolute Gasteiger partial charge is 0.398 e. The highest BCUT2D eigenvalue weighted by atomic mass is 79.9. The molecule has 0 amide bonds. The fourth-order valence-corrected chi connectivity index (χ4v) is 2.56. The maximum absolute atomic E-state index is 12.2. The summed E-state index contributed by atoms with van der Waals surface area (Å²) in [7, 11) is 0. The van der Waals surface area contributed by atoms with Gasteiger partial charge < -0.3 is 5.73 Å². The molecular formula is C13H8BrCl2NO. The Labute approximate surface area is 123 Å². The van der Waals surface area contributed by atoms with E-state index >= 15 is 0 Å². The SMILES string of the molecule is Nc1ccc(C(=O)c2cc(Cl)cc(Br)c2)cc1Cl. The first-order valence-corrected chi connectivity index (χ1v) is 6.58. The van der Waals surface area contributed by atoms with Crippen LogP contribution in [0.2, 0.25) is 10.0 Å². The number of carbonyl (C=O) groups excluding carboxylic acids is 1. The Morgan fingerprint density at radius 1 is 1.06 bits per heavy atom. The van der Waals surface area contributed by atoms with Gasteiger partial charge >= 0.3 is 0 Å². The van der Waals surface area contributed by atoms with Crippen LogP contribution >= 0.6 is 39.1 Å². The van der Waals surface area contributed by atoms with Gasteiger partial charge in [0.05, 0.1) is 10.7 Å². The Hall–Kier alpha value is -1.03. The smallest absolute Gasteiger partial charge is 0.193 e. The van der Waals surface area contributed by atoms with Crippen LogP contribution in [0.25, 0.3) is 0 Å². The van der Waals surface area contributed by atoms with Gasteiger partial charge in [0, 0.05) is 20.6 Å². The molecule has 0 saturated heterocycles. The predicted molar refractivity (Wildman–Crippen MR) is 78.4 cm³/mol. The van der Waals surface area contributed by atoms with Crippen molar-refractivity contribution in [3.8, 4) is 0 Å². The van der Waals surface area contributed by atoms with Crippen molar-refractivity contribution in [3.05, 3.63) is 62.0 Å². The summed E-state index contributed by atoms with van der Waals surface area (Å²) in [5.41, 5.74) is 7.02. The minimum atomic E-state index is -0.153. The summed E-state index contributed by atoms with van der Waals surface area (Å²) in [5, 5.41) is 0.858. The molecule has 2 aromatic carbocycles. The van der Waals surface area contributed by atoms with E-state index in [2.05, 4.69) is 15.9 Å². The summed E-state index contributed by atoms with van der Waals surface area (Å²) in [6.07, 6.45) is 0. The normalized spacial score (nSPS) is 10.4. The van der Waals surface area contributed by atoms with Gasteiger partial charge in [-0.15, -0.1) is 0 Å². The van der Waals surface area contributed by atoms with E-state index in [1.165, 1.54) is 0 Å². The van der Waals surface area contributed by atoms with E-state index in [-0.39, 0.29) is 5.78 Å². The molecule has 0 radical (unpaired) electrons. The summed E-state index contributed by atoms with van der Waals surface area (Å²) >= 11 is 15.1. The molecular weight excluding hydrogens is 337 g/mol. The van der Waals surface area contributed by atoms with E-state index in [4.69, 9.17) is 28.9 Å². The Morgan fingerprint density at radius 2 is 1.78 bits per heavy atom. The Kier molecular flexibility index (Phi) is 3.95. The van der Waals surface area contributed by atoms with E-state index in [1.54, 1.807) is 36.4 Å². The molecule has 5 heteroatoms. The molecule has 0 aliphatic heterocycles. The third kappa shape index (κ3) is 2.86. The highest BCUT2D eigenvalue weighted by Gasteiger charge is 2.12. The molecule has 0 aromatic heterocycles. The molecule has 0 unspecified atom stereocenters. The van der Waals surface area contributed by atoms with Crippen LogP contribution in [-0.4, -0.2) is 5.78 Å². The van der Waals surface area contributed by atoms with Gasteiger partial charge in [-0.05, 0) is 36.4 Å². The summed E-state index contributed by atoms with van der Waals surface area (Å²) in [6.45, 7) is 0. The number of anilines is 1. The van der Waals surface area contributed by atoms with Crippen molar-refractivity contribution in [1.29, 1.82) is 0 Å². The summed E-state index contributed by atoms with van der Waals surface area (Å²) < 4.78 is 0.750. The number of nitrogens with two attached hydrogens (primary N) is 1. The lowest BCUT2D eigenvalue weighted by Gasteiger charge is -2.05. The topological polar surface area (TPSA) is 43.1 Å². The fourth-order valence-electron chi connectivity index (χ4n) is 1.52. The average molecular weight is 345 g/mol. The second-order valence-corrected chi connectivity index (χ2v) is 5.48. The molecule has 2 aromatic rings. The summed E-state index contributed by atoms with van der Waals surface area (Å²) in [6, 6.07) is 9.83. The van der Waals surface area contributed by atoms with E-state index in [1.807, 2.05) is 0 Å². The van der Waals surface area contributed by atoms with Crippen molar-refractivity contribution in [2.75, 3.05) is 5.73 Å². The van der Waals surface area contributed by atoms with Crippen molar-refractivity contribution in [2.45, 2.75) is 0 Å². The molecule has 0 aliphatic carbocycles. The van der Waals surface area contributed by atoms with Gasteiger partial charge in [0.15, 0.2) is 5.78 Å². The molecule has 2 nitrogen and oxygen atoms in total. The van der Waals surface area contributed by atoms with Crippen LogP contribution in [0.5, 0.6) is 0 Å². The van der Waals surface area contributed by atoms with E-state index < -0.39 is 0 Å². The number of hydrogen-bond acceptors (Lipinski definition) is 2. The molecule has 0 fully saturated rings. The first-order chi connectivity index (χ1) is 8.47. The van der Waals surface area contributed by atoms with Crippen LogP contribution in [0.15, 0.2) is 40.9 Å². The van der Waals surface area contributed by atoms with Crippen LogP contribution in [0.4, 0.5) is 5.69 Å². The Morgan fingerprint density at radius 3 is 2.39 bits per heavy atom. The molecule has 0 saturated carbocycles. The van der Waals surface area contributed by atoms with E-state index in [0.717, 1.165) is 4.47 Å². The lowest BCUT2D eigenvalue weighted by Crippen LogP contribution is -2.02. The van der Waals surface area contributed by atoms with E-state index in [0.29, 0.717) is 26.9 Å². The highest BCUT2D eigenvalue weighted by molar-refractivity contribution is 9.10. The van der Waals surface area contributed by atoms with Crippen LogP contribution < -0.4 is 5.73 Å². The molecule has 0 heterocycles. The molecule has 0 bridgehead atoms. The van der Waals surface area contributed by atoms with Crippen LogP contribution in [0.3, 0.4) is 0 Å². The van der Waals surface area contributed by atoms with Gasteiger partial charge in [0.25, 0.3) is 0 Å². The Balaban J connectivity index is 2.44. The van der Waals surface area contributed by atoms with Gasteiger partial charge in [-0.1, -0.05) is 39.1 Å². The number of ketones is 1. The molecule has 0 atom stereocenters. The quantitative estimate of drug-likeness (QED) is 0.640. The van der Waals surface area contributed by atoms with Crippen molar-refractivity contribution >= 4 is 50.6 Å². The maximum Gasteiger partial charge on any atom is 0.193 e. The molecule has 0 spiro atoms. The maximum atomic E-state index is 12.2. The lowest BCUT2D eigenvalue weighted by molar-refractivity contribution is 0.103. The Bertz CT molecular complexity index is 608. The van der Waals surface area contributed by atoms with Crippen molar-refractivity contribution in [1.82, 2.24) is 0 Å². The minimum Gasteiger partial charge on any atom is -0.398 e. The second kappa shape index (κ2) is 5.31. The van der Waals surface area contributed by atoms with Gasteiger partial charge in [-0.3, -0.25) is 4.79 Å². The first-order valence-electron chi connectivity index (χ1n) is 5.03. The zero-order valence-electron chi connectivity index (χ0n) is 9.08. The monoisotopic (exact) mass is 343 g/mol. The third-order valence-corrected chi connectivity index (χ3v) is 3.39.